The van der Waals surface area contributed by atoms with Gasteiger partial charge >= 0.3 is 6.00 Å². The average Bonchev–Trinajstić information content (AvgIpc) is 1.88. The monoisotopic (exact) mass is 214 g/mol. The number of hydrogen-bond donors (Lipinski definition) is 0. The SMILES string of the molecule is Cl[Si](Cl)(Cl)[C@@H]1CC=CCC1. The van der Waals surface area contributed by atoms with Crippen LogP contribution >= 0.6 is 33.2 Å². The van der Waals surface area contributed by atoms with E-state index in [4.69, 9.17) is 33.2 Å². The zero-order valence-electron chi connectivity index (χ0n) is 5.49. The van der Waals surface area contributed by atoms with E-state index in [0.717, 1.165) is 19.3 Å². The van der Waals surface area contributed by atoms with Gasteiger partial charge < -0.3 is 0 Å². The summed E-state index contributed by atoms with van der Waals surface area (Å²) in [4.78, 5) is 0. The van der Waals surface area contributed by atoms with Gasteiger partial charge in [0, 0.05) is 0 Å². The van der Waals surface area contributed by atoms with Crippen LogP contribution in [0.3, 0.4) is 0 Å². The Kier molecular flexibility index (Phi) is 3.11. The number of hydrogen-bond acceptors (Lipinski definition) is 0. The largest absolute Gasteiger partial charge is 0.344 e. The van der Waals surface area contributed by atoms with E-state index in [2.05, 4.69) is 12.2 Å². The van der Waals surface area contributed by atoms with Crippen molar-refractivity contribution in [3.63, 3.8) is 0 Å². The summed E-state index contributed by atoms with van der Waals surface area (Å²) in [7, 11) is 0. The lowest BCUT2D eigenvalue weighted by molar-refractivity contribution is 0.720. The molecular formula is C6H9Cl3Si. The number of halogens is 3. The lowest BCUT2D eigenvalue weighted by atomic mass is 10.1. The van der Waals surface area contributed by atoms with E-state index in [0.29, 0.717) is 5.54 Å². The van der Waals surface area contributed by atoms with Crippen LogP contribution in [0.25, 0.3) is 0 Å². The third-order valence-electron chi connectivity index (χ3n) is 1.73. The summed E-state index contributed by atoms with van der Waals surface area (Å²) in [6.45, 7) is 0. The second-order valence-electron chi connectivity index (χ2n) is 2.52. The minimum atomic E-state index is -2.39. The Morgan fingerprint density at radius 3 is 2.20 bits per heavy atom. The highest BCUT2D eigenvalue weighted by Crippen LogP contribution is 2.41. The minimum absolute atomic E-state index is 0.350. The van der Waals surface area contributed by atoms with Crippen LogP contribution < -0.4 is 0 Å². The first kappa shape index (κ1) is 8.92. The Balaban J connectivity index is 2.49. The second-order valence-corrected chi connectivity index (χ2v) is 11.5. The van der Waals surface area contributed by atoms with Gasteiger partial charge in [0.1, 0.15) is 0 Å². The molecule has 0 aromatic carbocycles. The first-order valence-electron chi connectivity index (χ1n) is 3.32. The van der Waals surface area contributed by atoms with Crippen molar-refractivity contribution in [2.45, 2.75) is 24.8 Å². The van der Waals surface area contributed by atoms with Crippen molar-refractivity contribution in [1.29, 1.82) is 0 Å². The van der Waals surface area contributed by atoms with Crippen LogP contribution in [-0.4, -0.2) is 6.00 Å². The summed E-state index contributed by atoms with van der Waals surface area (Å²) in [6.07, 6.45) is 7.36. The van der Waals surface area contributed by atoms with Gasteiger partial charge in [-0.05, 0) is 24.8 Å². The number of rotatable bonds is 1. The predicted octanol–water partition coefficient (Wildman–Crippen LogP) is 3.75. The lowest BCUT2D eigenvalue weighted by Gasteiger charge is -2.22. The second kappa shape index (κ2) is 3.48. The van der Waals surface area contributed by atoms with Crippen LogP contribution in [0.1, 0.15) is 19.3 Å². The fourth-order valence-electron chi connectivity index (χ4n) is 1.09. The summed E-state index contributed by atoms with van der Waals surface area (Å²) in [6, 6.07) is -2.39. The molecule has 0 unspecified atom stereocenters. The van der Waals surface area contributed by atoms with Crippen molar-refractivity contribution in [2.24, 2.45) is 0 Å². The Morgan fingerprint density at radius 2 is 1.90 bits per heavy atom. The van der Waals surface area contributed by atoms with Crippen molar-refractivity contribution in [3.8, 4) is 0 Å². The van der Waals surface area contributed by atoms with Crippen molar-refractivity contribution in [1.82, 2.24) is 0 Å². The van der Waals surface area contributed by atoms with Gasteiger partial charge in [0.15, 0.2) is 0 Å². The van der Waals surface area contributed by atoms with Crippen LogP contribution in [0.2, 0.25) is 5.54 Å². The van der Waals surface area contributed by atoms with Gasteiger partial charge in [-0.3, -0.25) is 0 Å². The maximum atomic E-state index is 5.85. The van der Waals surface area contributed by atoms with E-state index in [9.17, 15) is 0 Å². The molecule has 58 valence electrons. The normalized spacial score (nSPS) is 26.9. The van der Waals surface area contributed by atoms with Crippen molar-refractivity contribution >= 4 is 39.2 Å². The highest BCUT2D eigenvalue weighted by molar-refractivity contribution is 7.65. The molecule has 0 aromatic rings. The molecule has 0 spiro atoms. The Morgan fingerprint density at radius 1 is 1.20 bits per heavy atom. The zero-order chi connectivity index (χ0) is 7.61. The van der Waals surface area contributed by atoms with Gasteiger partial charge in [0.2, 0.25) is 0 Å². The molecule has 0 aromatic heterocycles. The Labute approximate surface area is 76.3 Å². The first-order valence-corrected chi connectivity index (χ1v) is 8.43. The van der Waals surface area contributed by atoms with Crippen molar-refractivity contribution in [2.75, 3.05) is 0 Å². The maximum Gasteiger partial charge on any atom is 0.344 e. The van der Waals surface area contributed by atoms with E-state index < -0.39 is 6.00 Å². The third kappa shape index (κ3) is 2.46. The molecule has 0 bridgehead atoms. The molecule has 0 saturated heterocycles. The fourth-order valence-corrected chi connectivity index (χ4v) is 3.77. The third-order valence-corrected chi connectivity index (χ3v) is 5.96. The summed E-state index contributed by atoms with van der Waals surface area (Å²) >= 11 is 17.5. The zero-order valence-corrected chi connectivity index (χ0v) is 8.76. The van der Waals surface area contributed by atoms with Gasteiger partial charge in [-0.25, -0.2) is 0 Å². The van der Waals surface area contributed by atoms with Crippen LogP contribution in [0, 0.1) is 0 Å². The Hall–Kier alpha value is 0.827. The topological polar surface area (TPSA) is 0 Å². The standard InChI is InChI=1S/C6H9Cl3Si/c7-10(8,9)6-4-2-1-3-5-6/h1-2,6H,3-5H2/t6-/m1/s1. The first-order chi connectivity index (χ1) is 4.61. The predicted molar refractivity (Wildman–Crippen MR) is 50.1 cm³/mol. The Bertz CT molecular complexity index is 138. The van der Waals surface area contributed by atoms with Crippen LogP contribution in [0.5, 0.6) is 0 Å². The average molecular weight is 216 g/mol. The van der Waals surface area contributed by atoms with E-state index >= 15 is 0 Å². The molecule has 0 N–H and O–H groups in total. The lowest BCUT2D eigenvalue weighted by Crippen LogP contribution is -2.20. The molecule has 0 radical (unpaired) electrons. The molecule has 1 aliphatic carbocycles. The van der Waals surface area contributed by atoms with E-state index in [1.165, 1.54) is 0 Å². The van der Waals surface area contributed by atoms with Gasteiger partial charge in [0.25, 0.3) is 0 Å². The molecule has 0 heterocycles. The highest BCUT2D eigenvalue weighted by atomic mass is 35.8. The molecule has 0 nitrogen and oxygen atoms in total. The van der Waals surface area contributed by atoms with E-state index in [-0.39, 0.29) is 0 Å². The van der Waals surface area contributed by atoms with Crippen LogP contribution in [0.15, 0.2) is 12.2 Å². The quantitative estimate of drug-likeness (QED) is 0.355. The van der Waals surface area contributed by atoms with Gasteiger partial charge in [-0.2, -0.15) is 0 Å². The summed E-state index contributed by atoms with van der Waals surface area (Å²) in [5.74, 6) is 0. The molecule has 1 rings (SSSR count). The molecule has 1 atom stereocenters. The summed E-state index contributed by atoms with van der Waals surface area (Å²) in [5, 5.41) is 0. The van der Waals surface area contributed by atoms with Crippen LogP contribution in [0.4, 0.5) is 0 Å². The molecule has 1 aliphatic rings. The molecule has 0 saturated carbocycles. The summed E-state index contributed by atoms with van der Waals surface area (Å²) in [5.41, 5.74) is 0.350. The minimum Gasteiger partial charge on any atom is -0.126 e. The molecule has 0 amide bonds. The highest BCUT2D eigenvalue weighted by Gasteiger charge is 2.35. The molecule has 10 heavy (non-hydrogen) atoms. The van der Waals surface area contributed by atoms with Crippen LogP contribution in [-0.2, 0) is 0 Å². The molecular weight excluding hydrogens is 207 g/mol. The summed E-state index contributed by atoms with van der Waals surface area (Å²) < 4.78 is 0. The van der Waals surface area contributed by atoms with Gasteiger partial charge in [-0.1, -0.05) is 12.2 Å². The molecule has 0 fully saturated rings. The van der Waals surface area contributed by atoms with E-state index in [1.54, 1.807) is 0 Å². The maximum absolute atomic E-state index is 5.85. The van der Waals surface area contributed by atoms with Crippen molar-refractivity contribution in [3.05, 3.63) is 12.2 Å². The smallest absolute Gasteiger partial charge is 0.126 e. The molecule has 4 heteroatoms. The van der Waals surface area contributed by atoms with Gasteiger partial charge in [-0.15, -0.1) is 33.2 Å². The van der Waals surface area contributed by atoms with Gasteiger partial charge in [0.05, 0.1) is 0 Å². The van der Waals surface area contributed by atoms with E-state index in [1.807, 2.05) is 0 Å². The fraction of sp³-hybridized carbons (Fsp3) is 0.667. The molecule has 0 aliphatic heterocycles. The van der Waals surface area contributed by atoms with Crippen molar-refractivity contribution < 1.29 is 0 Å². The number of allylic oxidation sites excluding steroid dienone is 2.